The van der Waals surface area contributed by atoms with Gasteiger partial charge in [0.25, 0.3) is 0 Å². The summed E-state index contributed by atoms with van der Waals surface area (Å²) < 4.78 is 12.9. The molecule has 0 aliphatic heterocycles. The Morgan fingerprint density at radius 3 is 2.10 bits per heavy atom. The number of hydrogen-bond acceptors (Lipinski definition) is 4. The Bertz CT molecular complexity index is 644. The number of carbonyl (C=O) groups excluding carboxylic acids is 1. The topological polar surface area (TPSA) is 55.8 Å². The third kappa shape index (κ3) is 9.32. The van der Waals surface area contributed by atoms with Crippen LogP contribution >= 0.6 is 15.9 Å². The Kier molecular flexibility index (Phi) is 9.59. The molecule has 0 saturated heterocycles. The molecule has 1 N–H and O–H groups in total. The molecule has 4 nitrogen and oxygen atoms in total. The van der Waals surface area contributed by atoms with E-state index in [0.29, 0.717) is 25.9 Å². The van der Waals surface area contributed by atoms with Gasteiger partial charge >= 0.3 is 5.97 Å². The Morgan fingerprint density at radius 2 is 1.62 bits per heavy atom. The van der Waals surface area contributed by atoms with Gasteiger partial charge in [-0.3, -0.25) is 4.79 Å². The minimum absolute atomic E-state index is 0.106. The molecule has 1 aromatic rings. The van der Waals surface area contributed by atoms with Gasteiger partial charge in [0, 0.05) is 11.1 Å². The van der Waals surface area contributed by atoms with Crippen molar-refractivity contribution in [3.05, 3.63) is 34.3 Å². The van der Waals surface area contributed by atoms with Gasteiger partial charge in [0.15, 0.2) is 8.32 Å². The number of aliphatic hydroxyl groups excluding tert-OH is 1. The summed E-state index contributed by atoms with van der Waals surface area (Å²) in [6.45, 7) is 17.0. The largest absolute Gasteiger partial charge is 0.460 e. The number of hydrogen-bond donors (Lipinski definition) is 1. The van der Waals surface area contributed by atoms with Crippen LogP contribution in [0.2, 0.25) is 18.1 Å². The summed E-state index contributed by atoms with van der Waals surface area (Å²) in [5.74, 6) is -0.936. The Balaban J connectivity index is 2.78. The molecular weight excluding hydrogens is 448 g/mol. The molecule has 6 heteroatoms. The second-order valence-corrected chi connectivity index (χ2v) is 16.0. The number of halogens is 1. The van der Waals surface area contributed by atoms with Gasteiger partial charge in [-0.25, -0.2) is 0 Å². The highest BCUT2D eigenvalue weighted by Crippen LogP contribution is 2.36. The van der Waals surface area contributed by atoms with Crippen molar-refractivity contribution in [2.45, 2.75) is 90.6 Å². The van der Waals surface area contributed by atoms with E-state index in [9.17, 15) is 9.90 Å². The van der Waals surface area contributed by atoms with Crippen LogP contribution in [0.5, 0.6) is 0 Å². The zero-order valence-corrected chi connectivity index (χ0v) is 21.9. The number of esters is 1. The van der Waals surface area contributed by atoms with Crippen molar-refractivity contribution in [3.63, 3.8) is 0 Å². The van der Waals surface area contributed by atoms with Gasteiger partial charge in [-0.05, 0) is 75.9 Å². The van der Waals surface area contributed by atoms with Gasteiger partial charge in [0.05, 0.1) is 12.0 Å². The quantitative estimate of drug-likeness (QED) is 0.337. The molecule has 0 amide bonds. The summed E-state index contributed by atoms with van der Waals surface area (Å²) in [4.78, 5) is 12.8. The van der Waals surface area contributed by atoms with E-state index in [2.05, 4.69) is 49.8 Å². The molecule has 2 atom stereocenters. The maximum Gasteiger partial charge on any atom is 0.312 e. The van der Waals surface area contributed by atoms with Crippen molar-refractivity contribution >= 4 is 30.2 Å². The highest BCUT2D eigenvalue weighted by Gasteiger charge is 2.38. The zero-order chi connectivity index (χ0) is 22.5. The van der Waals surface area contributed by atoms with Gasteiger partial charge in [-0.15, -0.1) is 0 Å². The maximum absolute atomic E-state index is 12.8. The summed E-state index contributed by atoms with van der Waals surface area (Å²) >= 11 is 3.43. The van der Waals surface area contributed by atoms with Crippen LogP contribution in [0.15, 0.2) is 28.7 Å². The van der Waals surface area contributed by atoms with Crippen LogP contribution in [-0.4, -0.2) is 37.7 Å². The highest BCUT2D eigenvalue weighted by atomic mass is 79.9. The number of aliphatic hydroxyl groups is 1. The monoisotopic (exact) mass is 486 g/mol. The second kappa shape index (κ2) is 10.6. The van der Waals surface area contributed by atoms with Crippen LogP contribution in [0.25, 0.3) is 0 Å². The van der Waals surface area contributed by atoms with Gasteiger partial charge in [0.2, 0.25) is 0 Å². The molecule has 2 unspecified atom stereocenters. The molecule has 29 heavy (non-hydrogen) atoms. The molecule has 1 aromatic carbocycles. The third-order valence-electron chi connectivity index (χ3n) is 5.51. The first-order valence-corrected chi connectivity index (χ1v) is 14.1. The summed E-state index contributed by atoms with van der Waals surface area (Å²) in [6.07, 6.45) is 0.905. The molecule has 1 rings (SSSR count). The minimum Gasteiger partial charge on any atom is -0.460 e. The molecule has 0 fully saturated rings. The van der Waals surface area contributed by atoms with Crippen LogP contribution in [0.1, 0.15) is 59.9 Å². The van der Waals surface area contributed by atoms with Crippen LogP contribution in [0, 0.1) is 5.92 Å². The Morgan fingerprint density at radius 1 is 1.07 bits per heavy atom. The van der Waals surface area contributed by atoms with E-state index in [1.807, 2.05) is 45.0 Å². The predicted octanol–water partition coefficient (Wildman–Crippen LogP) is 6.11. The first-order chi connectivity index (χ1) is 13.1. The van der Waals surface area contributed by atoms with Crippen molar-refractivity contribution < 1.29 is 19.1 Å². The maximum atomic E-state index is 12.8. The predicted molar refractivity (Wildman–Crippen MR) is 126 cm³/mol. The Hall–Kier alpha value is -0.693. The number of carbonyl (C=O) groups is 1. The number of benzene rings is 1. The number of rotatable bonds is 9. The summed E-state index contributed by atoms with van der Waals surface area (Å²) in [7, 11) is -1.90. The molecule has 0 aliphatic carbocycles. The lowest BCUT2D eigenvalue weighted by Gasteiger charge is -2.36. The van der Waals surface area contributed by atoms with Crippen molar-refractivity contribution in [1.82, 2.24) is 0 Å². The smallest absolute Gasteiger partial charge is 0.312 e. The molecule has 0 spiro atoms. The summed E-state index contributed by atoms with van der Waals surface area (Å²) in [6, 6.07) is 8.03. The molecule has 0 heterocycles. The fourth-order valence-electron chi connectivity index (χ4n) is 2.67. The van der Waals surface area contributed by atoms with Crippen LogP contribution in [0.4, 0.5) is 0 Å². The summed E-state index contributed by atoms with van der Waals surface area (Å²) in [5.41, 5.74) is 0.550. The molecule has 0 radical (unpaired) electrons. The second-order valence-electron chi connectivity index (χ2n) is 10.3. The van der Waals surface area contributed by atoms with E-state index in [0.717, 1.165) is 10.0 Å². The van der Waals surface area contributed by atoms with Gasteiger partial charge < -0.3 is 14.3 Å². The van der Waals surface area contributed by atoms with Crippen molar-refractivity contribution in [2.24, 2.45) is 5.92 Å². The third-order valence-corrected chi connectivity index (χ3v) is 10.6. The normalized spacial score (nSPS) is 15.1. The van der Waals surface area contributed by atoms with Gasteiger partial charge in [0.1, 0.15) is 5.60 Å². The minimum atomic E-state index is -1.90. The first-order valence-electron chi connectivity index (χ1n) is 10.4. The Labute approximate surface area is 186 Å². The standard InChI is InChI=1S/C23H39BrO4Si/c1-22(2,3)28-21(26)19(15-16-27-29(7,8)23(4,5)6)20(25)14-11-17-9-12-18(24)13-10-17/h9-10,12-13,19-20,25H,11,14-16H2,1-8H3. The van der Waals surface area contributed by atoms with E-state index in [-0.39, 0.29) is 11.0 Å². The lowest BCUT2D eigenvalue weighted by atomic mass is 9.93. The molecule has 0 aliphatic rings. The van der Waals surface area contributed by atoms with Crippen molar-refractivity contribution in [2.75, 3.05) is 6.61 Å². The van der Waals surface area contributed by atoms with Crippen LogP contribution in [0.3, 0.4) is 0 Å². The van der Waals surface area contributed by atoms with Gasteiger partial charge in [-0.2, -0.15) is 0 Å². The van der Waals surface area contributed by atoms with E-state index >= 15 is 0 Å². The fourth-order valence-corrected chi connectivity index (χ4v) is 3.99. The zero-order valence-electron chi connectivity index (χ0n) is 19.3. The van der Waals surface area contributed by atoms with E-state index < -0.39 is 25.9 Å². The first kappa shape index (κ1) is 26.3. The van der Waals surface area contributed by atoms with Gasteiger partial charge in [-0.1, -0.05) is 48.8 Å². The van der Waals surface area contributed by atoms with Crippen molar-refractivity contribution in [3.8, 4) is 0 Å². The summed E-state index contributed by atoms with van der Waals surface area (Å²) in [5, 5.41) is 10.9. The average Bonchev–Trinajstić information content (AvgIpc) is 2.55. The lowest BCUT2D eigenvalue weighted by molar-refractivity contribution is -0.164. The molecule has 0 aromatic heterocycles. The van der Waals surface area contributed by atoms with E-state index in [4.69, 9.17) is 9.16 Å². The molecule has 0 saturated carbocycles. The van der Waals surface area contributed by atoms with E-state index in [1.54, 1.807) is 0 Å². The molecule has 0 bridgehead atoms. The SMILES string of the molecule is CC(C)(C)OC(=O)C(CCO[Si](C)(C)C(C)(C)C)C(O)CCc1ccc(Br)cc1. The number of ether oxygens (including phenoxy) is 1. The van der Waals surface area contributed by atoms with Crippen LogP contribution in [-0.2, 0) is 20.4 Å². The van der Waals surface area contributed by atoms with Crippen molar-refractivity contribution in [1.29, 1.82) is 0 Å². The molecular formula is C23H39BrO4Si. The van der Waals surface area contributed by atoms with Crippen LogP contribution < -0.4 is 0 Å². The molecule has 166 valence electrons. The van der Waals surface area contributed by atoms with E-state index in [1.165, 1.54) is 0 Å². The number of aryl methyl sites for hydroxylation is 1. The lowest BCUT2D eigenvalue weighted by Crippen LogP contribution is -2.42. The fraction of sp³-hybridized carbons (Fsp3) is 0.696. The average molecular weight is 488 g/mol. The highest BCUT2D eigenvalue weighted by molar-refractivity contribution is 9.10.